The number of rotatable bonds is 19. The van der Waals surface area contributed by atoms with Crippen molar-refractivity contribution in [1.82, 2.24) is 0 Å². The second-order valence-corrected chi connectivity index (χ2v) is 10.1. The molecule has 0 aliphatic carbocycles. The van der Waals surface area contributed by atoms with Crippen LogP contribution in [0.15, 0.2) is 12.2 Å². The van der Waals surface area contributed by atoms with Crippen LogP contribution in [-0.2, 0) is 9.59 Å². The first-order chi connectivity index (χ1) is 14.2. The summed E-state index contributed by atoms with van der Waals surface area (Å²) in [5, 5.41) is 9.45. The average molecular weight is 423 g/mol. The van der Waals surface area contributed by atoms with Crippen molar-refractivity contribution in [1.29, 1.82) is 0 Å². The van der Waals surface area contributed by atoms with Gasteiger partial charge in [-0.3, -0.25) is 9.59 Å². The number of carboxylic acids is 1. The Labute approximate surface area is 187 Å². The Morgan fingerprint density at radius 2 is 1.47 bits per heavy atom. The number of carbonyl (C=O) groups excluding carboxylic acids is 1. The van der Waals surface area contributed by atoms with Crippen LogP contribution in [-0.4, -0.2) is 16.9 Å². The van der Waals surface area contributed by atoms with Gasteiger partial charge in [-0.1, -0.05) is 98.1 Å². The van der Waals surface area contributed by atoms with Crippen LogP contribution < -0.4 is 0 Å². The van der Waals surface area contributed by atoms with Crippen molar-refractivity contribution in [2.24, 2.45) is 17.3 Å². The molecule has 0 aromatic heterocycles. The molecule has 0 aliphatic rings. The zero-order chi connectivity index (χ0) is 22.8. The fourth-order valence-corrected chi connectivity index (χ4v) is 4.27. The highest BCUT2D eigenvalue weighted by Gasteiger charge is 2.32. The minimum atomic E-state index is -0.680. The molecule has 176 valence electrons. The summed E-state index contributed by atoms with van der Waals surface area (Å²) in [5.74, 6) is 0.227. The van der Waals surface area contributed by atoms with Crippen molar-refractivity contribution < 1.29 is 14.7 Å². The zero-order valence-electron chi connectivity index (χ0n) is 20.7. The summed E-state index contributed by atoms with van der Waals surface area (Å²) >= 11 is 0. The molecule has 0 saturated heterocycles. The molecule has 3 nitrogen and oxygen atoms in total. The van der Waals surface area contributed by atoms with Crippen molar-refractivity contribution >= 4 is 11.8 Å². The number of Topliss-reactive ketones (excluding diaryl/α,β-unsaturated/α-hetero) is 1. The highest BCUT2D eigenvalue weighted by molar-refractivity contribution is 5.77. The molecular formula is C27H50O3. The van der Waals surface area contributed by atoms with Gasteiger partial charge in [-0.2, -0.15) is 0 Å². The van der Waals surface area contributed by atoms with Gasteiger partial charge >= 0.3 is 5.97 Å². The van der Waals surface area contributed by atoms with Crippen molar-refractivity contribution in [3.8, 4) is 0 Å². The van der Waals surface area contributed by atoms with Crippen molar-refractivity contribution in [2.75, 3.05) is 0 Å². The number of ketones is 1. The molecule has 0 saturated carbocycles. The maximum absolute atomic E-state index is 11.5. The van der Waals surface area contributed by atoms with Gasteiger partial charge in [0.15, 0.2) is 0 Å². The van der Waals surface area contributed by atoms with Crippen LogP contribution in [0, 0.1) is 17.3 Å². The van der Waals surface area contributed by atoms with E-state index in [0.29, 0.717) is 18.1 Å². The topological polar surface area (TPSA) is 54.4 Å². The highest BCUT2D eigenvalue weighted by atomic mass is 16.4. The van der Waals surface area contributed by atoms with E-state index in [1.54, 1.807) is 0 Å². The van der Waals surface area contributed by atoms with Crippen molar-refractivity contribution in [2.45, 2.75) is 131 Å². The summed E-state index contributed by atoms with van der Waals surface area (Å²) < 4.78 is 0. The third-order valence-corrected chi connectivity index (χ3v) is 6.27. The van der Waals surface area contributed by atoms with Gasteiger partial charge in [0.25, 0.3) is 0 Å². The van der Waals surface area contributed by atoms with Gasteiger partial charge in [0.1, 0.15) is 5.78 Å². The molecule has 2 unspecified atom stereocenters. The molecule has 0 amide bonds. The van der Waals surface area contributed by atoms with Gasteiger partial charge in [0.2, 0.25) is 0 Å². The summed E-state index contributed by atoms with van der Waals surface area (Å²) in [6.07, 6.45) is 20.5. The van der Waals surface area contributed by atoms with E-state index in [-0.39, 0.29) is 17.8 Å². The minimum absolute atomic E-state index is 0.00720. The number of aliphatic carboxylic acids is 1. The molecule has 2 atom stereocenters. The first kappa shape index (κ1) is 28.9. The molecule has 3 heteroatoms. The molecule has 0 heterocycles. The van der Waals surface area contributed by atoms with E-state index in [2.05, 4.69) is 39.8 Å². The van der Waals surface area contributed by atoms with Gasteiger partial charge in [-0.25, -0.2) is 0 Å². The van der Waals surface area contributed by atoms with Gasteiger partial charge in [-0.15, -0.1) is 0 Å². The Morgan fingerprint density at radius 1 is 0.867 bits per heavy atom. The molecule has 0 bridgehead atoms. The van der Waals surface area contributed by atoms with Gasteiger partial charge in [-0.05, 0) is 42.9 Å². The fraction of sp³-hybridized carbons (Fsp3) is 0.852. The number of hydrogen-bond donors (Lipinski definition) is 1. The Balaban J connectivity index is 4.52. The number of carbonyl (C=O) groups is 2. The van der Waals surface area contributed by atoms with Crippen LogP contribution in [0.2, 0.25) is 0 Å². The molecule has 0 aromatic carbocycles. The first-order valence-corrected chi connectivity index (χ1v) is 12.6. The summed E-state index contributed by atoms with van der Waals surface area (Å²) in [7, 11) is 0. The van der Waals surface area contributed by atoms with Crippen LogP contribution in [0.25, 0.3) is 0 Å². The van der Waals surface area contributed by atoms with E-state index in [0.717, 1.165) is 32.1 Å². The van der Waals surface area contributed by atoms with E-state index in [4.69, 9.17) is 0 Å². The Bertz CT molecular complexity index is 473. The Hall–Kier alpha value is -1.12. The van der Waals surface area contributed by atoms with Gasteiger partial charge < -0.3 is 5.11 Å². The number of carboxylic acid groups (broad SMARTS) is 1. The average Bonchev–Trinajstić information content (AvgIpc) is 2.68. The zero-order valence-corrected chi connectivity index (χ0v) is 20.7. The molecule has 0 spiro atoms. The molecule has 0 aliphatic heterocycles. The lowest BCUT2D eigenvalue weighted by Gasteiger charge is -2.35. The quantitative estimate of drug-likeness (QED) is 0.168. The minimum Gasteiger partial charge on any atom is -0.481 e. The lowest BCUT2D eigenvalue weighted by molar-refractivity contribution is -0.139. The van der Waals surface area contributed by atoms with Crippen LogP contribution in [0.1, 0.15) is 131 Å². The second kappa shape index (κ2) is 17.5. The third-order valence-electron chi connectivity index (χ3n) is 6.27. The molecule has 30 heavy (non-hydrogen) atoms. The Morgan fingerprint density at radius 3 is 2.07 bits per heavy atom. The van der Waals surface area contributed by atoms with E-state index in [1.807, 2.05) is 6.92 Å². The van der Waals surface area contributed by atoms with Crippen LogP contribution >= 0.6 is 0 Å². The standard InChI is InChI=1S/C27H50O3/c1-6-8-9-13-16-19-23(25(22-26(29)30)27(3,4)5)20-17-14-11-10-12-15-18-21-24(28)7-2/h17,20,23,25H,6-16,18-19,21-22H2,1-5H3,(H,29,30)/b20-17+. The van der Waals surface area contributed by atoms with Gasteiger partial charge in [0, 0.05) is 19.3 Å². The summed E-state index contributed by atoms with van der Waals surface area (Å²) in [6.45, 7) is 10.7. The lowest BCUT2D eigenvalue weighted by Crippen LogP contribution is -2.29. The van der Waals surface area contributed by atoms with E-state index >= 15 is 0 Å². The lowest BCUT2D eigenvalue weighted by atomic mass is 9.69. The maximum Gasteiger partial charge on any atom is 0.303 e. The second-order valence-electron chi connectivity index (χ2n) is 10.1. The normalized spacial score (nSPS) is 14.2. The van der Waals surface area contributed by atoms with Crippen molar-refractivity contribution in [3.63, 3.8) is 0 Å². The van der Waals surface area contributed by atoms with Gasteiger partial charge in [0.05, 0.1) is 0 Å². The summed E-state index contributed by atoms with van der Waals surface area (Å²) in [5.41, 5.74) is -0.00720. The molecular weight excluding hydrogens is 372 g/mol. The Kier molecular flexibility index (Phi) is 16.9. The van der Waals surface area contributed by atoms with Crippen LogP contribution in [0.5, 0.6) is 0 Å². The highest BCUT2D eigenvalue weighted by Crippen LogP contribution is 2.38. The number of hydrogen-bond acceptors (Lipinski definition) is 2. The fourth-order valence-electron chi connectivity index (χ4n) is 4.27. The molecule has 0 fully saturated rings. The third kappa shape index (κ3) is 15.7. The summed E-state index contributed by atoms with van der Waals surface area (Å²) in [4.78, 5) is 22.8. The molecule has 0 aromatic rings. The number of unbranched alkanes of at least 4 members (excludes halogenated alkanes) is 9. The van der Waals surface area contributed by atoms with E-state index in [1.165, 1.54) is 51.4 Å². The SMILES string of the molecule is CCCCCCCC(/C=C/CCCCCCCC(=O)CC)C(CC(=O)O)C(C)(C)C. The van der Waals surface area contributed by atoms with E-state index in [9.17, 15) is 14.7 Å². The number of allylic oxidation sites excluding steroid dienone is 2. The smallest absolute Gasteiger partial charge is 0.303 e. The first-order valence-electron chi connectivity index (χ1n) is 12.6. The largest absolute Gasteiger partial charge is 0.481 e. The van der Waals surface area contributed by atoms with Crippen LogP contribution in [0.4, 0.5) is 0 Å². The summed E-state index contributed by atoms with van der Waals surface area (Å²) in [6, 6.07) is 0. The van der Waals surface area contributed by atoms with Crippen LogP contribution in [0.3, 0.4) is 0 Å². The van der Waals surface area contributed by atoms with E-state index < -0.39 is 5.97 Å². The van der Waals surface area contributed by atoms with Crippen molar-refractivity contribution in [3.05, 3.63) is 12.2 Å². The predicted molar refractivity (Wildman–Crippen MR) is 129 cm³/mol. The monoisotopic (exact) mass is 422 g/mol. The predicted octanol–water partition coefficient (Wildman–Crippen LogP) is 8.37. The maximum atomic E-state index is 11.5. The molecule has 1 N–H and O–H groups in total. The molecule has 0 radical (unpaired) electrons. The molecule has 0 rings (SSSR count).